The van der Waals surface area contributed by atoms with E-state index < -0.39 is 0 Å². The van der Waals surface area contributed by atoms with Crippen LogP contribution in [0.25, 0.3) is 11.5 Å². The van der Waals surface area contributed by atoms with E-state index in [4.69, 9.17) is 4.42 Å². The molecule has 2 aromatic rings. The second-order valence-corrected chi connectivity index (χ2v) is 5.99. The fourth-order valence-corrected chi connectivity index (χ4v) is 2.66. The van der Waals surface area contributed by atoms with Gasteiger partial charge in [0.25, 0.3) is 0 Å². The maximum atomic E-state index is 10.1. The molecule has 0 unspecified atom stereocenters. The number of unbranched alkanes of at least 4 members (excludes halogenated alkanes) is 5. The van der Waals surface area contributed by atoms with Crippen molar-refractivity contribution in [3.63, 3.8) is 0 Å². The Morgan fingerprint density at radius 2 is 1.75 bits per heavy atom. The summed E-state index contributed by atoms with van der Waals surface area (Å²) in [5.41, 5.74) is 2.14. The molecule has 24 heavy (non-hydrogen) atoms. The summed E-state index contributed by atoms with van der Waals surface area (Å²) in [6, 6.07) is 9.60. The van der Waals surface area contributed by atoms with Gasteiger partial charge in [0.2, 0.25) is 5.89 Å². The summed E-state index contributed by atoms with van der Waals surface area (Å²) in [6.45, 7) is 5.03. The maximum Gasteiger partial charge on any atom is 0.312 e. The Labute approximate surface area is 144 Å². The first kappa shape index (κ1) is 18.2. The molecule has 1 aromatic heterocycles. The first-order valence-corrected chi connectivity index (χ1v) is 9.05. The average Bonchev–Trinajstić information content (AvgIpc) is 3.00. The molecule has 130 valence electrons. The topological polar surface area (TPSA) is 58.6 Å². The predicted molar refractivity (Wildman–Crippen MR) is 98.7 cm³/mol. The van der Waals surface area contributed by atoms with Crippen LogP contribution < -0.4 is 0 Å². The minimum absolute atomic E-state index is 0.141. The van der Waals surface area contributed by atoms with Gasteiger partial charge in [-0.05, 0) is 25.0 Å². The van der Waals surface area contributed by atoms with E-state index in [0.717, 1.165) is 30.7 Å². The van der Waals surface area contributed by atoms with Crippen LogP contribution in [0.5, 0.6) is 5.95 Å². The first-order chi connectivity index (χ1) is 11.8. The van der Waals surface area contributed by atoms with E-state index in [1.165, 1.54) is 32.1 Å². The first-order valence-electron chi connectivity index (χ1n) is 9.05. The Morgan fingerprint density at radius 1 is 1.04 bits per heavy atom. The van der Waals surface area contributed by atoms with Gasteiger partial charge in [-0.2, -0.15) is 0 Å². The van der Waals surface area contributed by atoms with Crippen LogP contribution in [0.2, 0.25) is 0 Å². The third-order valence-corrected chi connectivity index (χ3v) is 4.05. The highest BCUT2D eigenvalue weighted by molar-refractivity contribution is 6.00. The van der Waals surface area contributed by atoms with E-state index in [-0.39, 0.29) is 5.95 Å². The van der Waals surface area contributed by atoms with Crippen molar-refractivity contribution in [3.8, 4) is 17.4 Å². The number of aromatic nitrogens is 1. The van der Waals surface area contributed by atoms with Crippen LogP contribution >= 0.6 is 0 Å². The highest BCUT2D eigenvalue weighted by Crippen LogP contribution is 2.27. The number of nitrogens with zero attached hydrogens (tertiary/aromatic N) is 2. The number of hydrogen-bond donors (Lipinski definition) is 1. The van der Waals surface area contributed by atoms with E-state index >= 15 is 0 Å². The van der Waals surface area contributed by atoms with Crippen molar-refractivity contribution in [2.24, 2.45) is 4.99 Å². The van der Waals surface area contributed by atoms with Crippen molar-refractivity contribution >= 4 is 5.71 Å². The van der Waals surface area contributed by atoms with Gasteiger partial charge in [-0.1, -0.05) is 64.2 Å². The molecule has 0 saturated heterocycles. The van der Waals surface area contributed by atoms with E-state index in [9.17, 15) is 5.11 Å². The molecule has 0 aliphatic carbocycles. The number of benzene rings is 1. The molecule has 4 heteroatoms. The van der Waals surface area contributed by atoms with Crippen LogP contribution in [0.4, 0.5) is 0 Å². The summed E-state index contributed by atoms with van der Waals surface area (Å²) in [6.07, 6.45) is 8.19. The van der Waals surface area contributed by atoms with E-state index in [0.29, 0.717) is 11.6 Å². The molecule has 0 aliphatic rings. The zero-order chi connectivity index (χ0) is 17.2. The van der Waals surface area contributed by atoms with Gasteiger partial charge in [0.15, 0.2) is 5.69 Å². The Kier molecular flexibility index (Phi) is 7.53. The molecule has 1 aromatic carbocycles. The quantitative estimate of drug-likeness (QED) is 0.456. The fourth-order valence-electron chi connectivity index (χ4n) is 2.66. The summed E-state index contributed by atoms with van der Waals surface area (Å²) < 4.78 is 5.42. The standard InChI is InChI=1S/C20H28N2O2/c1-3-5-6-7-8-12-15-21-17(4-2)18-20(23)24-19(22-18)16-13-10-9-11-14-16/h9-11,13-14,23H,3-8,12,15H2,1-2H3. The van der Waals surface area contributed by atoms with E-state index in [2.05, 4.69) is 16.9 Å². The van der Waals surface area contributed by atoms with Crippen molar-refractivity contribution < 1.29 is 9.52 Å². The van der Waals surface area contributed by atoms with Crippen molar-refractivity contribution in [2.75, 3.05) is 6.54 Å². The van der Waals surface area contributed by atoms with Crippen LogP contribution in [0.15, 0.2) is 39.7 Å². The van der Waals surface area contributed by atoms with Crippen LogP contribution in [0.1, 0.15) is 64.5 Å². The second-order valence-electron chi connectivity index (χ2n) is 5.99. The van der Waals surface area contributed by atoms with Gasteiger partial charge in [-0.15, -0.1) is 0 Å². The molecule has 0 atom stereocenters. The fraction of sp³-hybridized carbons (Fsp3) is 0.500. The lowest BCUT2D eigenvalue weighted by Gasteiger charge is -2.01. The second kappa shape index (κ2) is 9.91. The lowest BCUT2D eigenvalue weighted by Crippen LogP contribution is -2.02. The molecule has 2 rings (SSSR count). The molecule has 0 bridgehead atoms. The van der Waals surface area contributed by atoms with Gasteiger partial charge in [0.1, 0.15) is 0 Å². The van der Waals surface area contributed by atoms with Gasteiger partial charge in [-0.3, -0.25) is 4.99 Å². The van der Waals surface area contributed by atoms with E-state index in [1.54, 1.807) is 0 Å². The van der Waals surface area contributed by atoms with Gasteiger partial charge in [0.05, 0.1) is 5.71 Å². The molecule has 0 radical (unpaired) electrons. The molecule has 0 aliphatic heterocycles. The lowest BCUT2D eigenvalue weighted by molar-refractivity contribution is 0.336. The zero-order valence-electron chi connectivity index (χ0n) is 14.8. The van der Waals surface area contributed by atoms with Crippen LogP contribution in [0, 0.1) is 0 Å². The highest BCUT2D eigenvalue weighted by Gasteiger charge is 2.17. The Bertz CT molecular complexity index is 632. The zero-order valence-corrected chi connectivity index (χ0v) is 14.8. The van der Waals surface area contributed by atoms with Crippen molar-refractivity contribution in [3.05, 3.63) is 36.0 Å². The number of rotatable bonds is 10. The molecule has 0 fully saturated rings. The molecule has 0 amide bonds. The van der Waals surface area contributed by atoms with Gasteiger partial charge >= 0.3 is 5.95 Å². The Hall–Kier alpha value is -2.10. The smallest absolute Gasteiger partial charge is 0.312 e. The highest BCUT2D eigenvalue weighted by atomic mass is 16.5. The third kappa shape index (κ3) is 5.22. The lowest BCUT2D eigenvalue weighted by atomic mass is 10.1. The van der Waals surface area contributed by atoms with Gasteiger partial charge in [0, 0.05) is 12.1 Å². The van der Waals surface area contributed by atoms with Crippen molar-refractivity contribution in [1.29, 1.82) is 0 Å². The van der Waals surface area contributed by atoms with Crippen LogP contribution in [-0.2, 0) is 0 Å². The largest absolute Gasteiger partial charge is 0.479 e. The molecule has 1 heterocycles. The average molecular weight is 328 g/mol. The van der Waals surface area contributed by atoms with Crippen LogP contribution in [-0.4, -0.2) is 22.3 Å². The minimum Gasteiger partial charge on any atom is -0.479 e. The third-order valence-electron chi connectivity index (χ3n) is 4.05. The Balaban J connectivity index is 1.97. The van der Waals surface area contributed by atoms with Crippen molar-refractivity contribution in [2.45, 2.75) is 58.8 Å². The van der Waals surface area contributed by atoms with Crippen molar-refractivity contribution in [1.82, 2.24) is 4.98 Å². The van der Waals surface area contributed by atoms with Crippen LogP contribution in [0.3, 0.4) is 0 Å². The molecule has 4 nitrogen and oxygen atoms in total. The molecule has 0 spiro atoms. The van der Waals surface area contributed by atoms with Gasteiger partial charge < -0.3 is 9.52 Å². The van der Waals surface area contributed by atoms with E-state index in [1.807, 2.05) is 37.3 Å². The minimum atomic E-state index is -0.141. The van der Waals surface area contributed by atoms with Gasteiger partial charge in [-0.25, -0.2) is 4.98 Å². The summed E-state index contributed by atoms with van der Waals surface area (Å²) in [4.78, 5) is 9.08. The normalized spacial score (nSPS) is 11.8. The Morgan fingerprint density at radius 3 is 2.46 bits per heavy atom. The predicted octanol–water partition coefficient (Wildman–Crippen LogP) is 5.61. The summed E-state index contributed by atoms with van der Waals surface area (Å²) in [5, 5.41) is 10.1. The molecular formula is C20H28N2O2. The summed E-state index contributed by atoms with van der Waals surface area (Å²) >= 11 is 0. The monoisotopic (exact) mass is 328 g/mol. The molecular weight excluding hydrogens is 300 g/mol. The number of aromatic hydroxyl groups is 1. The SMILES string of the molecule is CCCCCCCCN=C(CC)c1nc(-c2ccccc2)oc1O. The molecule has 1 N–H and O–H groups in total. The molecule has 0 saturated carbocycles. The number of hydrogen-bond acceptors (Lipinski definition) is 4. The maximum absolute atomic E-state index is 10.1. The summed E-state index contributed by atoms with van der Waals surface area (Å²) in [7, 11) is 0. The summed E-state index contributed by atoms with van der Waals surface area (Å²) in [5.74, 6) is 0.293. The number of oxazole rings is 1. The number of aliphatic imine (C=N–C) groups is 1.